The SMILES string of the molecule is CCn1ccnc1CN=C(N)N1CCOC(C)C1. The fraction of sp³-hybridized carbons (Fsp3) is 0.667. The zero-order chi connectivity index (χ0) is 13.0. The van der Waals surface area contributed by atoms with Gasteiger partial charge in [0.15, 0.2) is 5.96 Å². The van der Waals surface area contributed by atoms with Gasteiger partial charge in [-0.25, -0.2) is 9.98 Å². The number of aryl methyl sites for hydroxylation is 1. The van der Waals surface area contributed by atoms with Crippen LogP contribution in [-0.4, -0.2) is 46.2 Å². The molecule has 0 spiro atoms. The van der Waals surface area contributed by atoms with Crippen LogP contribution in [0.2, 0.25) is 0 Å². The molecule has 0 saturated carbocycles. The molecule has 1 aromatic heterocycles. The molecule has 1 saturated heterocycles. The van der Waals surface area contributed by atoms with E-state index in [1.807, 2.05) is 13.1 Å². The largest absolute Gasteiger partial charge is 0.375 e. The van der Waals surface area contributed by atoms with Gasteiger partial charge in [0.2, 0.25) is 0 Å². The van der Waals surface area contributed by atoms with Gasteiger partial charge in [-0.3, -0.25) is 0 Å². The predicted octanol–water partition coefficient (Wildman–Crippen LogP) is 0.438. The second-order valence-electron chi connectivity index (χ2n) is 4.43. The third-order valence-corrected chi connectivity index (χ3v) is 3.09. The van der Waals surface area contributed by atoms with Gasteiger partial charge in [-0.2, -0.15) is 0 Å². The Morgan fingerprint density at radius 1 is 1.67 bits per heavy atom. The van der Waals surface area contributed by atoms with Crippen LogP contribution >= 0.6 is 0 Å². The molecule has 0 bridgehead atoms. The molecule has 1 aliphatic heterocycles. The van der Waals surface area contributed by atoms with Crippen LogP contribution in [0.1, 0.15) is 19.7 Å². The molecule has 1 atom stereocenters. The standard InChI is InChI=1S/C12H21N5O/c1-3-16-5-4-14-11(16)8-15-12(13)17-6-7-18-10(2)9-17/h4-5,10H,3,6-9H2,1-2H3,(H2,13,15). The summed E-state index contributed by atoms with van der Waals surface area (Å²) < 4.78 is 7.54. The minimum atomic E-state index is 0.213. The predicted molar refractivity (Wildman–Crippen MR) is 70.2 cm³/mol. The van der Waals surface area contributed by atoms with Crippen molar-refractivity contribution in [1.29, 1.82) is 0 Å². The Kier molecular flexibility index (Phi) is 4.19. The summed E-state index contributed by atoms with van der Waals surface area (Å²) in [4.78, 5) is 10.8. The molecule has 1 aromatic rings. The number of ether oxygens (including phenoxy) is 1. The Labute approximate surface area is 107 Å². The Morgan fingerprint density at radius 2 is 2.50 bits per heavy atom. The molecule has 2 rings (SSSR count). The van der Waals surface area contributed by atoms with Crippen LogP contribution in [0.25, 0.3) is 0 Å². The van der Waals surface area contributed by atoms with Crippen LogP contribution in [0.15, 0.2) is 17.4 Å². The fourth-order valence-electron chi connectivity index (χ4n) is 2.06. The van der Waals surface area contributed by atoms with E-state index in [1.54, 1.807) is 6.20 Å². The normalized spacial score (nSPS) is 21.3. The van der Waals surface area contributed by atoms with Gasteiger partial charge in [0.1, 0.15) is 12.4 Å². The molecule has 1 fully saturated rings. The second-order valence-corrected chi connectivity index (χ2v) is 4.43. The van der Waals surface area contributed by atoms with Crippen LogP contribution in [0.4, 0.5) is 0 Å². The molecule has 1 aliphatic rings. The number of aliphatic imine (C=N–C) groups is 1. The number of guanidine groups is 1. The second kappa shape index (κ2) is 5.86. The van der Waals surface area contributed by atoms with Gasteiger partial charge in [0, 0.05) is 32.0 Å². The Balaban J connectivity index is 1.96. The lowest BCUT2D eigenvalue weighted by atomic mass is 10.3. The van der Waals surface area contributed by atoms with E-state index in [0.717, 1.165) is 25.5 Å². The average molecular weight is 251 g/mol. The van der Waals surface area contributed by atoms with Crippen LogP contribution in [0.5, 0.6) is 0 Å². The number of hydrogen-bond acceptors (Lipinski definition) is 3. The monoisotopic (exact) mass is 251 g/mol. The van der Waals surface area contributed by atoms with Crippen molar-refractivity contribution in [3.8, 4) is 0 Å². The van der Waals surface area contributed by atoms with E-state index in [-0.39, 0.29) is 6.10 Å². The van der Waals surface area contributed by atoms with E-state index in [1.165, 1.54) is 0 Å². The maximum Gasteiger partial charge on any atom is 0.191 e. The Bertz CT molecular complexity index is 414. The molecular formula is C12H21N5O. The van der Waals surface area contributed by atoms with Gasteiger partial charge in [0.05, 0.1) is 12.7 Å². The molecule has 100 valence electrons. The summed E-state index contributed by atoms with van der Waals surface area (Å²) >= 11 is 0. The molecule has 2 heterocycles. The topological polar surface area (TPSA) is 68.7 Å². The van der Waals surface area contributed by atoms with E-state index in [2.05, 4.69) is 26.4 Å². The van der Waals surface area contributed by atoms with E-state index < -0.39 is 0 Å². The highest BCUT2D eigenvalue weighted by molar-refractivity contribution is 5.78. The number of hydrogen-bond donors (Lipinski definition) is 1. The Hall–Kier alpha value is -1.56. The van der Waals surface area contributed by atoms with Crippen molar-refractivity contribution < 1.29 is 4.74 Å². The van der Waals surface area contributed by atoms with E-state index in [9.17, 15) is 0 Å². The molecule has 6 nitrogen and oxygen atoms in total. The summed E-state index contributed by atoms with van der Waals surface area (Å²) in [6.07, 6.45) is 3.96. The summed E-state index contributed by atoms with van der Waals surface area (Å²) in [5.74, 6) is 1.53. The minimum absolute atomic E-state index is 0.213. The number of aromatic nitrogens is 2. The molecule has 2 N–H and O–H groups in total. The first-order chi connectivity index (χ1) is 8.70. The summed E-state index contributed by atoms with van der Waals surface area (Å²) in [5.41, 5.74) is 6.00. The molecule has 18 heavy (non-hydrogen) atoms. The average Bonchev–Trinajstić information content (AvgIpc) is 2.83. The molecule has 0 amide bonds. The molecule has 1 unspecified atom stereocenters. The Morgan fingerprint density at radius 3 is 3.22 bits per heavy atom. The van der Waals surface area contributed by atoms with Crippen LogP contribution < -0.4 is 5.73 Å². The van der Waals surface area contributed by atoms with E-state index in [4.69, 9.17) is 10.5 Å². The highest BCUT2D eigenvalue weighted by Crippen LogP contribution is 2.05. The number of nitrogens with two attached hydrogens (primary N) is 1. The zero-order valence-corrected chi connectivity index (χ0v) is 11.0. The fourth-order valence-corrected chi connectivity index (χ4v) is 2.06. The van der Waals surface area contributed by atoms with Crippen molar-refractivity contribution in [1.82, 2.24) is 14.5 Å². The van der Waals surface area contributed by atoms with Gasteiger partial charge in [-0.15, -0.1) is 0 Å². The summed E-state index contributed by atoms with van der Waals surface area (Å²) in [6.45, 7) is 7.88. The van der Waals surface area contributed by atoms with Crippen molar-refractivity contribution in [2.24, 2.45) is 10.7 Å². The molecule has 0 aromatic carbocycles. The first-order valence-electron chi connectivity index (χ1n) is 6.37. The molecular weight excluding hydrogens is 230 g/mol. The van der Waals surface area contributed by atoms with Crippen molar-refractivity contribution in [3.63, 3.8) is 0 Å². The third kappa shape index (κ3) is 3.01. The molecule has 0 radical (unpaired) electrons. The lowest BCUT2D eigenvalue weighted by Crippen LogP contribution is -2.47. The van der Waals surface area contributed by atoms with Gasteiger partial charge < -0.3 is 19.9 Å². The summed E-state index contributed by atoms with van der Waals surface area (Å²) in [7, 11) is 0. The van der Waals surface area contributed by atoms with Crippen molar-refractivity contribution in [2.75, 3.05) is 19.7 Å². The van der Waals surface area contributed by atoms with Gasteiger partial charge in [-0.05, 0) is 13.8 Å². The number of imidazole rings is 1. The lowest BCUT2D eigenvalue weighted by Gasteiger charge is -2.31. The highest BCUT2D eigenvalue weighted by Gasteiger charge is 2.17. The van der Waals surface area contributed by atoms with Crippen LogP contribution in [0, 0.1) is 0 Å². The maximum absolute atomic E-state index is 6.00. The van der Waals surface area contributed by atoms with Gasteiger partial charge in [-0.1, -0.05) is 0 Å². The van der Waals surface area contributed by atoms with Crippen molar-refractivity contribution >= 4 is 5.96 Å². The number of morpholine rings is 1. The maximum atomic E-state index is 6.00. The summed E-state index contributed by atoms with van der Waals surface area (Å²) in [6, 6.07) is 0. The number of rotatable bonds is 3. The minimum Gasteiger partial charge on any atom is -0.375 e. The first kappa shape index (κ1) is 12.9. The van der Waals surface area contributed by atoms with Gasteiger partial charge in [0.25, 0.3) is 0 Å². The molecule has 0 aliphatic carbocycles. The van der Waals surface area contributed by atoms with Crippen molar-refractivity contribution in [3.05, 3.63) is 18.2 Å². The third-order valence-electron chi connectivity index (χ3n) is 3.09. The number of nitrogens with zero attached hydrogens (tertiary/aromatic N) is 4. The zero-order valence-electron chi connectivity index (χ0n) is 11.0. The van der Waals surface area contributed by atoms with Crippen LogP contribution in [-0.2, 0) is 17.8 Å². The molecule has 6 heteroatoms. The quantitative estimate of drug-likeness (QED) is 0.625. The van der Waals surface area contributed by atoms with E-state index in [0.29, 0.717) is 19.1 Å². The van der Waals surface area contributed by atoms with Gasteiger partial charge >= 0.3 is 0 Å². The smallest absolute Gasteiger partial charge is 0.191 e. The first-order valence-corrected chi connectivity index (χ1v) is 6.37. The van der Waals surface area contributed by atoms with Crippen molar-refractivity contribution in [2.45, 2.75) is 33.0 Å². The highest BCUT2D eigenvalue weighted by atomic mass is 16.5. The summed E-state index contributed by atoms with van der Waals surface area (Å²) in [5, 5.41) is 0. The van der Waals surface area contributed by atoms with Crippen LogP contribution in [0.3, 0.4) is 0 Å². The lowest BCUT2D eigenvalue weighted by molar-refractivity contribution is 0.00528. The van der Waals surface area contributed by atoms with E-state index >= 15 is 0 Å².